The minimum absolute atomic E-state index is 1.78. The molecule has 4 aromatic carbocycles. The molecule has 6 aliphatic rings. The summed E-state index contributed by atoms with van der Waals surface area (Å²) in [6.07, 6.45) is 0. The molecular formula is C28H28Si4. The van der Waals surface area contributed by atoms with E-state index in [0.29, 0.717) is 0 Å². The first-order valence-corrected chi connectivity index (χ1v) is 23.8. The van der Waals surface area contributed by atoms with Crippen LogP contribution in [-0.2, 0) is 0 Å². The van der Waals surface area contributed by atoms with E-state index >= 15 is 0 Å². The van der Waals surface area contributed by atoms with Gasteiger partial charge in [-0.1, -0.05) is 165 Å². The van der Waals surface area contributed by atoms with Crippen molar-refractivity contribution >= 4 is 71.9 Å². The summed E-state index contributed by atoms with van der Waals surface area (Å²) in [7, 11) is -8.28. The van der Waals surface area contributed by atoms with Crippen LogP contribution in [0.1, 0.15) is 0 Å². The van der Waals surface area contributed by atoms with Gasteiger partial charge in [0.15, 0.2) is 0 Å². The summed E-state index contributed by atoms with van der Waals surface area (Å²) >= 11 is 0. The molecule has 0 amide bonds. The number of benzene rings is 4. The van der Waals surface area contributed by atoms with Gasteiger partial charge in [0.2, 0.25) is 0 Å². The largest absolute Gasteiger partial charge is 0.117 e. The summed E-state index contributed by atoms with van der Waals surface area (Å²) in [5.74, 6) is 0. The Morgan fingerprint density at radius 2 is 0.406 bits per heavy atom. The van der Waals surface area contributed by atoms with Gasteiger partial charge in [0, 0.05) is 0 Å². The van der Waals surface area contributed by atoms with Crippen molar-refractivity contribution in [1.29, 1.82) is 0 Å². The summed E-state index contributed by atoms with van der Waals surface area (Å²) in [6.45, 7) is 11.0. The summed E-state index contributed by atoms with van der Waals surface area (Å²) in [6, 6.07) is 39.2. The van der Waals surface area contributed by atoms with Crippen LogP contribution < -0.4 is 41.5 Å². The molecule has 0 spiro atoms. The van der Waals surface area contributed by atoms with Crippen LogP contribution in [0.15, 0.2) is 97.1 Å². The Morgan fingerprint density at radius 1 is 0.281 bits per heavy atom. The fourth-order valence-corrected chi connectivity index (χ4v) is 49.2. The van der Waals surface area contributed by atoms with Crippen molar-refractivity contribution in [2.75, 3.05) is 0 Å². The Balaban J connectivity index is 1.85. The fraction of sp³-hybridized carbons (Fsp3) is 0.143. The maximum atomic E-state index is 2.74. The molecule has 4 heteroatoms. The second kappa shape index (κ2) is 5.81. The van der Waals surface area contributed by atoms with Crippen LogP contribution >= 0.6 is 0 Å². The maximum absolute atomic E-state index is 2.74. The van der Waals surface area contributed by atoms with Crippen LogP contribution in [0.5, 0.6) is 0 Å². The van der Waals surface area contributed by atoms with Crippen LogP contribution in [0.3, 0.4) is 0 Å². The van der Waals surface area contributed by atoms with E-state index in [1.165, 1.54) is 0 Å². The van der Waals surface area contributed by atoms with E-state index in [-0.39, 0.29) is 0 Å². The topological polar surface area (TPSA) is 0 Å². The predicted molar refractivity (Wildman–Crippen MR) is 149 cm³/mol. The zero-order valence-electron chi connectivity index (χ0n) is 19.2. The molecule has 4 bridgehead atoms. The van der Waals surface area contributed by atoms with Crippen molar-refractivity contribution in [2.24, 2.45) is 0 Å². The lowest BCUT2D eigenvalue weighted by Crippen LogP contribution is -3.05. The van der Waals surface area contributed by atoms with Crippen LogP contribution in [0, 0.1) is 0 Å². The summed E-state index contributed by atoms with van der Waals surface area (Å²) in [5.41, 5.74) is 0. The monoisotopic (exact) mass is 476 g/mol. The van der Waals surface area contributed by atoms with Gasteiger partial charge in [-0.05, 0) is 0 Å². The highest BCUT2D eigenvalue weighted by atomic mass is 29.3. The molecule has 0 atom stereocenters. The Bertz CT molecular complexity index is 1140. The highest BCUT2D eigenvalue weighted by Crippen LogP contribution is 2.34. The molecule has 0 unspecified atom stereocenters. The quantitative estimate of drug-likeness (QED) is 0.332. The molecule has 156 valence electrons. The molecule has 4 aromatic rings. The zero-order chi connectivity index (χ0) is 21.9. The second-order valence-corrected chi connectivity index (χ2v) is 36.0. The first-order chi connectivity index (χ1) is 15.4. The molecule has 10 rings (SSSR count). The third kappa shape index (κ3) is 1.71. The molecule has 6 heterocycles. The molecule has 0 aromatic heterocycles. The Labute approximate surface area is 194 Å². The van der Waals surface area contributed by atoms with Crippen LogP contribution in [0.2, 0.25) is 26.2 Å². The predicted octanol–water partition coefficient (Wildman–Crippen LogP) is 0.955. The highest BCUT2D eigenvalue weighted by molar-refractivity contribution is 7.71. The lowest BCUT2D eigenvalue weighted by Gasteiger charge is -2.64. The molecule has 0 fully saturated rings. The lowest BCUT2D eigenvalue weighted by molar-refractivity contribution is 1.63. The Hall–Kier alpha value is -2.25. The smallest absolute Gasteiger partial charge is 0.0630 e. The molecule has 0 aliphatic carbocycles. The Kier molecular flexibility index (Phi) is 3.49. The standard InChI is InChI=1S/C28H28Si4/c1-29-21-13-5-7-15-23(21)31(3,24-16-8-6-14-22(24)29)32(4)27-19-11-9-17-25(27)30(29,2)26-18-10-12-20-28(26)32/h5-20H,1-4H3. The lowest BCUT2D eigenvalue weighted by atomic mass is 10.3. The van der Waals surface area contributed by atoms with Crippen molar-refractivity contribution in [3.05, 3.63) is 97.1 Å². The molecule has 0 N–H and O–H groups in total. The number of hydrogen-bond acceptors (Lipinski definition) is 0. The molecule has 0 saturated carbocycles. The van der Waals surface area contributed by atoms with Gasteiger partial charge in [-0.25, -0.2) is 0 Å². The van der Waals surface area contributed by atoms with Crippen molar-refractivity contribution in [3.63, 3.8) is 0 Å². The summed E-state index contributed by atoms with van der Waals surface area (Å²) < 4.78 is 0. The van der Waals surface area contributed by atoms with E-state index < -0.39 is 30.4 Å². The molecule has 0 nitrogen and oxygen atoms in total. The van der Waals surface area contributed by atoms with Gasteiger partial charge >= 0.3 is 0 Å². The molecule has 6 aliphatic heterocycles. The second-order valence-electron chi connectivity index (χ2n) is 10.7. The third-order valence-corrected chi connectivity index (χ3v) is 45.6. The van der Waals surface area contributed by atoms with Crippen LogP contribution in [0.4, 0.5) is 0 Å². The third-order valence-electron chi connectivity index (χ3n) is 10.0. The fourth-order valence-electron chi connectivity index (χ4n) is 8.16. The normalized spacial score (nSPS) is 32.9. The Morgan fingerprint density at radius 3 is 0.531 bits per heavy atom. The molecule has 32 heavy (non-hydrogen) atoms. The van der Waals surface area contributed by atoms with E-state index in [1.807, 2.05) is 0 Å². The summed E-state index contributed by atoms with van der Waals surface area (Å²) in [4.78, 5) is 0. The molecule has 0 saturated heterocycles. The van der Waals surface area contributed by atoms with Crippen molar-refractivity contribution < 1.29 is 0 Å². The van der Waals surface area contributed by atoms with Crippen molar-refractivity contribution in [1.82, 2.24) is 0 Å². The average Bonchev–Trinajstić information content (AvgIpc) is 2.85. The molecular weight excluding hydrogens is 449 g/mol. The highest BCUT2D eigenvalue weighted by Gasteiger charge is 2.71. The number of hydrogen-bond donors (Lipinski definition) is 0. The summed E-state index contributed by atoms with van der Waals surface area (Å²) in [5, 5.41) is 14.3. The van der Waals surface area contributed by atoms with Gasteiger partial charge in [0.05, 0.1) is 0 Å². The van der Waals surface area contributed by atoms with Gasteiger partial charge in [0.25, 0.3) is 0 Å². The zero-order valence-corrected chi connectivity index (χ0v) is 23.2. The van der Waals surface area contributed by atoms with Gasteiger partial charge in [0.1, 0.15) is 30.4 Å². The van der Waals surface area contributed by atoms with Gasteiger partial charge in [-0.3, -0.25) is 0 Å². The van der Waals surface area contributed by atoms with Gasteiger partial charge in [-0.2, -0.15) is 0 Å². The van der Waals surface area contributed by atoms with Gasteiger partial charge < -0.3 is 0 Å². The maximum Gasteiger partial charge on any atom is 0.117 e. The van der Waals surface area contributed by atoms with E-state index in [4.69, 9.17) is 0 Å². The molecule has 0 radical (unpaired) electrons. The minimum atomic E-state index is -2.07. The SMILES string of the molecule is C[Si]12c3ccccc3[Si](C)(c3ccccc31)[Si]1(C)c3ccccc3[Si]2(C)c2ccccc21. The average molecular weight is 477 g/mol. The van der Waals surface area contributed by atoms with E-state index in [0.717, 1.165) is 0 Å². The van der Waals surface area contributed by atoms with E-state index in [2.05, 4.69) is 123 Å². The van der Waals surface area contributed by atoms with Gasteiger partial charge in [-0.15, -0.1) is 0 Å². The van der Waals surface area contributed by atoms with E-state index in [9.17, 15) is 0 Å². The van der Waals surface area contributed by atoms with Crippen molar-refractivity contribution in [3.8, 4) is 0 Å². The van der Waals surface area contributed by atoms with E-state index in [1.54, 1.807) is 41.5 Å². The first kappa shape index (κ1) is 19.2. The van der Waals surface area contributed by atoms with Crippen molar-refractivity contribution in [2.45, 2.75) is 26.2 Å². The van der Waals surface area contributed by atoms with Crippen LogP contribution in [-0.4, -0.2) is 30.4 Å². The number of rotatable bonds is 0. The first-order valence-electron chi connectivity index (χ1n) is 11.8. The minimum Gasteiger partial charge on any atom is -0.0630 e. The van der Waals surface area contributed by atoms with Crippen LogP contribution in [0.25, 0.3) is 0 Å².